The van der Waals surface area contributed by atoms with Crippen LogP contribution in [0, 0.1) is 0 Å². The van der Waals surface area contributed by atoms with Gasteiger partial charge in [0.15, 0.2) is 5.70 Å². The molecule has 0 spiro atoms. The highest BCUT2D eigenvalue weighted by molar-refractivity contribution is 6.30. The van der Waals surface area contributed by atoms with Crippen molar-refractivity contribution in [3.8, 4) is 5.75 Å². The van der Waals surface area contributed by atoms with Crippen LogP contribution in [-0.2, 0) is 9.53 Å². The Morgan fingerprint density at radius 2 is 2.00 bits per heavy atom. The lowest BCUT2D eigenvalue weighted by Crippen LogP contribution is -2.05. The summed E-state index contributed by atoms with van der Waals surface area (Å²) in [6.07, 6.45) is 1.64. The predicted molar refractivity (Wildman–Crippen MR) is 85.1 cm³/mol. The van der Waals surface area contributed by atoms with Crippen LogP contribution in [-0.4, -0.2) is 19.0 Å². The van der Waals surface area contributed by atoms with Crippen LogP contribution in [0.15, 0.2) is 59.2 Å². The number of benzene rings is 2. The molecule has 0 radical (unpaired) electrons. The molecule has 0 unspecified atom stereocenters. The second-order valence-electron chi connectivity index (χ2n) is 4.62. The van der Waals surface area contributed by atoms with Crippen molar-refractivity contribution in [2.75, 3.05) is 7.11 Å². The number of carbonyl (C=O) groups is 1. The minimum Gasteiger partial charge on any atom is -0.497 e. The van der Waals surface area contributed by atoms with Gasteiger partial charge in [0.1, 0.15) is 5.75 Å². The van der Waals surface area contributed by atoms with Gasteiger partial charge in [0.25, 0.3) is 0 Å². The molecular weight excluding hydrogens is 302 g/mol. The summed E-state index contributed by atoms with van der Waals surface area (Å²) in [6.45, 7) is 0. The maximum Gasteiger partial charge on any atom is 0.363 e. The van der Waals surface area contributed by atoms with Gasteiger partial charge in [-0.05, 0) is 42.0 Å². The molecule has 110 valence electrons. The Labute approximate surface area is 132 Å². The molecule has 1 heterocycles. The van der Waals surface area contributed by atoms with E-state index in [9.17, 15) is 4.79 Å². The molecule has 5 heteroatoms. The van der Waals surface area contributed by atoms with Gasteiger partial charge in [-0.25, -0.2) is 9.79 Å². The van der Waals surface area contributed by atoms with E-state index in [-0.39, 0.29) is 11.6 Å². The van der Waals surface area contributed by atoms with Crippen molar-refractivity contribution >= 4 is 29.5 Å². The number of aliphatic imine (C=N–C) groups is 1. The van der Waals surface area contributed by atoms with Gasteiger partial charge in [-0.2, -0.15) is 0 Å². The van der Waals surface area contributed by atoms with E-state index in [1.54, 1.807) is 37.5 Å². The molecule has 0 saturated carbocycles. The van der Waals surface area contributed by atoms with Crippen molar-refractivity contribution in [2.45, 2.75) is 0 Å². The van der Waals surface area contributed by atoms with E-state index in [0.717, 1.165) is 5.56 Å². The zero-order valence-corrected chi connectivity index (χ0v) is 12.5. The third kappa shape index (κ3) is 3.02. The van der Waals surface area contributed by atoms with E-state index in [4.69, 9.17) is 21.1 Å². The van der Waals surface area contributed by atoms with E-state index in [1.165, 1.54) is 0 Å². The van der Waals surface area contributed by atoms with Gasteiger partial charge in [0.05, 0.1) is 7.11 Å². The maximum atomic E-state index is 11.9. The van der Waals surface area contributed by atoms with Crippen LogP contribution in [0.1, 0.15) is 11.1 Å². The van der Waals surface area contributed by atoms with Crippen LogP contribution in [0.2, 0.25) is 5.02 Å². The minimum atomic E-state index is -0.488. The first-order valence-corrected chi connectivity index (χ1v) is 6.96. The summed E-state index contributed by atoms with van der Waals surface area (Å²) in [5.41, 5.74) is 1.71. The highest BCUT2D eigenvalue weighted by Crippen LogP contribution is 2.22. The molecule has 2 aromatic rings. The average molecular weight is 314 g/mol. The molecule has 4 nitrogen and oxygen atoms in total. The van der Waals surface area contributed by atoms with Gasteiger partial charge in [-0.1, -0.05) is 29.8 Å². The van der Waals surface area contributed by atoms with E-state index >= 15 is 0 Å². The Bertz CT molecular complexity index is 796. The summed E-state index contributed by atoms with van der Waals surface area (Å²) in [5.74, 6) is 0.443. The molecule has 0 aromatic heterocycles. The lowest BCUT2D eigenvalue weighted by atomic mass is 10.2. The number of halogens is 1. The van der Waals surface area contributed by atoms with Crippen molar-refractivity contribution in [1.29, 1.82) is 0 Å². The lowest BCUT2D eigenvalue weighted by molar-refractivity contribution is -0.129. The fraction of sp³-hybridized carbons (Fsp3) is 0.0588. The number of hydrogen-bond acceptors (Lipinski definition) is 4. The number of hydrogen-bond donors (Lipinski definition) is 0. The van der Waals surface area contributed by atoms with E-state index in [0.29, 0.717) is 16.3 Å². The predicted octanol–water partition coefficient (Wildman–Crippen LogP) is 3.69. The Balaban J connectivity index is 1.94. The average Bonchev–Trinajstić information content (AvgIpc) is 2.88. The molecule has 0 N–H and O–H groups in total. The van der Waals surface area contributed by atoms with Crippen molar-refractivity contribution in [3.63, 3.8) is 0 Å². The molecule has 22 heavy (non-hydrogen) atoms. The normalized spacial score (nSPS) is 15.6. The fourth-order valence-corrected chi connectivity index (χ4v) is 2.24. The van der Waals surface area contributed by atoms with Crippen molar-refractivity contribution < 1.29 is 14.3 Å². The molecule has 1 aliphatic heterocycles. The monoisotopic (exact) mass is 313 g/mol. The van der Waals surface area contributed by atoms with Gasteiger partial charge >= 0.3 is 5.97 Å². The van der Waals surface area contributed by atoms with E-state index in [1.807, 2.05) is 24.3 Å². The number of ether oxygens (including phenoxy) is 2. The van der Waals surface area contributed by atoms with Crippen LogP contribution in [0.3, 0.4) is 0 Å². The molecule has 0 atom stereocenters. The Kier molecular flexibility index (Phi) is 3.94. The molecule has 0 aliphatic carbocycles. The van der Waals surface area contributed by atoms with Gasteiger partial charge in [0, 0.05) is 10.6 Å². The molecule has 0 saturated heterocycles. The van der Waals surface area contributed by atoms with Crippen LogP contribution in [0.5, 0.6) is 5.75 Å². The van der Waals surface area contributed by atoms with Crippen LogP contribution < -0.4 is 4.74 Å². The SMILES string of the molecule is COc1cccc(C2=N/C(=C\c3cccc(Cl)c3)C(=O)O2)c1. The number of esters is 1. The molecule has 0 bridgehead atoms. The second kappa shape index (κ2) is 6.03. The Morgan fingerprint density at radius 1 is 1.18 bits per heavy atom. The summed E-state index contributed by atoms with van der Waals surface area (Å²) in [4.78, 5) is 16.2. The maximum absolute atomic E-state index is 11.9. The first-order chi connectivity index (χ1) is 10.7. The highest BCUT2D eigenvalue weighted by Gasteiger charge is 2.24. The Hall–Kier alpha value is -2.59. The van der Waals surface area contributed by atoms with Crippen molar-refractivity contribution in [3.05, 3.63) is 70.4 Å². The number of methoxy groups -OCH3 is 1. The topological polar surface area (TPSA) is 47.9 Å². The number of nitrogens with zero attached hydrogens (tertiary/aromatic N) is 1. The van der Waals surface area contributed by atoms with Crippen LogP contribution >= 0.6 is 11.6 Å². The van der Waals surface area contributed by atoms with Crippen molar-refractivity contribution in [2.24, 2.45) is 4.99 Å². The van der Waals surface area contributed by atoms with Gasteiger partial charge < -0.3 is 9.47 Å². The summed E-state index contributed by atoms with van der Waals surface area (Å²) in [5, 5.41) is 0.595. The lowest BCUT2D eigenvalue weighted by Gasteiger charge is -2.02. The largest absolute Gasteiger partial charge is 0.497 e. The summed E-state index contributed by atoms with van der Waals surface area (Å²) in [6, 6.07) is 14.3. The van der Waals surface area contributed by atoms with Gasteiger partial charge in [-0.15, -0.1) is 0 Å². The van der Waals surface area contributed by atoms with E-state index in [2.05, 4.69) is 4.99 Å². The fourth-order valence-electron chi connectivity index (χ4n) is 2.04. The molecule has 0 fully saturated rings. The summed E-state index contributed by atoms with van der Waals surface area (Å²) in [7, 11) is 1.58. The summed E-state index contributed by atoms with van der Waals surface area (Å²) < 4.78 is 10.4. The number of rotatable bonds is 3. The molecule has 3 rings (SSSR count). The van der Waals surface area contributed by atoms with Crippen LogP contribution in [0.25, 0.3) is 6.08 Å². The Morgan fingerprint density at radius 3 is 2.77 bits per heavy atom. The zero-order valence-electron chi connectivity index (χ0n) is 11.7. The number of cyclic esters (lactones) is 1. The molecule has 0 amide bonds. The molecular formula is C17H12ClNO3. The van der Waals surface area contributed by atoms with E-state index < -0.39 is 5.97 Å². The molecule has 2 aromatic carbocycles. The molecule has 1 aliphatic rings. The first kappa shape index (κ1) is 14.4. The second-order valence-corrected chi connectivity index (χ2v) is 5.06. The van der Waals surface area contributed by atoms with Crippen molar-refractivity contribution in [1.82, 2.24) is 0 Å². The smallest absolute Gasteiger partial charge is 0.363 e. The zero-order chi connectivity index (χ0) is 15.5. The van der Waals surface area contributed by atoms with Crippen LogP contribution in [0.4, 0.5) is 0 Å². The third-order valence-corrected chi connectivity index (χ3v) is 3.32. The first-order valence-electron chi connectivity index (χ1n) is 6.58. The quantitative estimate of drug-likeness (QED) is 0.641. The highest BCUT2D eigenvalue weighted by atomic mass is 35.5. The summed E-state index contributed by atoms with van der Waals surface area (Å²) >= 11 is 5.93. The number of carbonyl (C=O) groups excluding carboxylic acids is 1. The van der Waals surface area contributed by atoms with Gasteiger partial charge in [-0.3, -0.25) is 0 Å². The third-order valence-electron chi connectivity index (χ3n) is 3.09. The minimum absolute atomic E-state index is 0.236. The standard InChI is InChI=1S/C17H12ClNO3/c1-21-14-7-3-5-12(10-14)16-19-15(17(20)22-16)9-11-4-2-6-13(18)8-11/h2-10H,1H3/b15-9-. The van der Waals surface area contributed by atoms with Gasteiger partial charge in [0.2, 0.25) is 5.90 Å².